The van der Waals surface area contributed by atoms with Crippen LogP contribution in [0.2, 0.25) is 0 Å². The highest BCUT2D eigenvalue weighted by molar-refractivity contribution is 6.04. The molecule has 0 saturated heterocycles. The summed E-state index contributed by atoms with van der Waals surface area (Å²) >= 11 is 0. The molecule has 0 spiro atoms. The number of aliphatic imine (C=N–C) groups is 1. The maximum absolute atomic E-state index is 14.7. The number of pyridine rings is 1. The third-order valence-electron chi connectivity index (χ3n) is 4.69. The van der Waals surface area contributed by atoms with Gasteiger partial charge in [-0.2, -0.15) is 13.2 Å². The van der Waals surface area contributed by atoms with Gasteiger partial charge < -0.3 is 20.9 Å². The van der Waals surface area contributed by atoms with Crippen LogP contribution in [0.4, 0.5) is 32.0 Å². The predicted octanol–water partition coefficient (Wildman–Crippen LogP) is 3.43. The van der Waals surface area contributed by atoms with Gasteiger partial charge >= 0.3 is 6.18 Å². The molecule has 1 amide bonds. The highest BCUT2D eigenvalue weighted by atomic mass is 19.4. The summed E-state index contributed by atoms with van der Waals surface area (Å²) in [6, 6.07) is 4.33. The number of hydrogen-bond acceptors (Lipinski definition) is 6. The van der Waals surface area contributed by atoms with Crippen LogP contribution in [0.1, 0.15) is 28.5 Å². The fourth-order valence-corrected chi connectivity index (χ4v) is 3.06. The molecule has 1 aromatic heterocycles. The Morgan fingerprint density at radius 2 is 1.94 bits per heavy atom. The number of carboxylic acid groups (broad SMARTS) is 1. The minimum absolute atomic E-state index is 0.240. The van der Waals surface area contributed by atoms with Crippen molar-refractivity contribution < 1.29 is 45.8 Å². The van der Waals surface area contributed by atoms with Gasteiger partial charge in [0.1, 0.15) is 30.6 Å². The lowest BCUT2D eigenvalue weighted by molar-refractivity contribution is -0.138. The normalized spacial score (nSPS) is 19.7. The molecular weight excluding hydrogens is 474 g/mol. The number of alkyl halides is 5. The largest absolute Gasteiger partial charge is 0.483 e. The standard InChI is InChI=1S/C19H16F6N4O2.CH2O2/c1-17(18(21,22)9-31-8-14(26)29-17)12-7-10(4-5-13(12)20)28-16(30)15-11(19(23,24)25)3-2-6-27-15;2-1-3/h2-7H,8-9H2,1H3,(H2,26,29)(H,28,30);1H,(H,2,3). The molecule has 0 saturated carbocycles. The molecule has 1 unspecified atom stereocenters. The second-order valence-corrected chi connectivity index (χ2v) is 7.02. The number of benzene rings is 1. The zero-order chi connectivity index (χ0) is 25.7. The van der Waals surface area contributed by atoms with Crippen molar-refractivity contribution in [2.75, 3.05) is 18.5 Å². The van der Waals surface area contributed by atoms with Gasteiger partial charge in [0, 0.05) is 17.4 Å². The van der Waals surface area contributed by atoms with Crippen LogP contribution in [-0.4, -0.2) is 47.4 Å². The van der Waals surface area contributed by atoms with Crippen LogP contribution in [0.15, 0.2) is 41.5 Å². The Hall–Kier alpha value is -3.68. The van der Waals surface area contributed by atoms with Crippen molar-refractivity contribution >= 4 is 23.9 Å². The highest BCUT2D eigenvalue weighted by Gasteiger charge is 2.54. The molecular formula is C20H18F6N4O4. The molecule has 34 heavy (non-hydrogen) atoms. The lowest BCUT2D eigenvalue weighted by atomic mass is 9.85. The number of aromatic nitrogens is 1. The highest BCUT2D eigenvalue weighted by Crippen LogP contribution is 2.44. The monoisotopic (exact) mass is 492 g/mol. The molecule has 8 nitrogen and oxygen atoms in total. The number of halogens is 6. The molecule has 1 aliphatic heterocycles. The molecule has 0 fully saturated rings. The Bertz CT molecular complexity index is 1090. The second kappa shape index (κ2) is 10.1. The number of nitrogens with zero attached hydrogens (tertiary/aromatic N) is 2. The summed E-state index contributed by atoms with van der Waals surface area (Å²) in [5, 5.41) is 9.01. The van der Waals surface area contributed by atoms with E-state index in [0.29, 0.717) is 6.07 Å². The Kier molecular flexibility index (Phi) is 7.87. The first-order chi connectivity index (χ1) is 15.8. The summed E-state index contributed by atoms with van der Waals surface area (Å²) in [4.78, 5) is 27.9. The number of hydrogen-bond donors (Lipinski definition) is 3. The Morgan fingerprint density at radius 3 is 2.56 bits per heavy atom. The van der Waals surface area contributed by atoms with Crippen molar-refractivity contribution in [3.05, 3.63) is 59.2 Å². The number of rotatable bonds is 3. The molecule has 184 valence electrons. The number of carbonyl (C=O) groups excluding carboxylic acids is 1. The predicted molar refractivity (Wildman–Crippen MR) is 107 cm³/mol. The molecule has 3 rings (SSSR count). The Labute approximate surface area is 188 Å². The van der Waals surface area contributed by atoms with Crippen molar-refractivity contribution in [2.45, 2.75) is 24.6 Å². The van der Waals surface area contributed by atoms with Crippen molar-refractivity contribution in [1.29, 1.82) is 0 Å². The number of nitrogens with one attached hydrogen (secondary N) is 1. The van der Waals surface area contributed by atoms with Crippen LogP contribution in [0.3, 0.4) is 0 Å². The van der Waals surface area contributed by atoms with Gasteiger partial charge in [0.25, 0.3) is 18.3 Å². The third-order valence-corrected chi connectivity index (χ3v) is 4.69. The van der Waals surface area contributed by atoms with Crippen molar-refractivity contribution in [3.63, 3.8) is 0 Å². The van der Waals surface area contributed by atoms with Gasteiger partial charge in [-0.25, -0.2) is 13.2 Å². The number of amidine groups is 1. The van der Waals surface area contributed by atoms with Crippen LogP contribution in [0.5, 0.6) is 0 Å². The summed E-state index contributed by atoms with van der Waals surface area (Å²) in [7, 11) is 0. The van der Waals surface area contributed by atoms with E-state index in [1.54, 1.807) is 0 Å². The number of carbonyl (C=O) groups is 2. The van der Waals surface area contributed by atoms with Gasteiger partial charge in [0.05, 0.1) is 5.56 Å². The van der Waals surface area contributed by atoms with Crippen LogP contribution in [0, 0.1) is 5.82 Å². The van der Waals surface area contributed by atoms with E-state index in [4.69, 9.17) is 20.4 Å². The van der Waals surface area contributed by atoms with Gasteiger partial charge in [0.2, 0.25) is 0 Å². The van der Waals surface area contributed by atoms with Crippen LogP contribution < -0.4 is 11.1 Å². The first kappa shape index (κ1) is 26.6. The number of anilines is 1. The van der Waals surface area contributed by atoms with Gasteiger partial charge in [0.15, 0.2) is 5.54 Å². The average Bonchev–Trinajstić information content (AvgIpc) is 2.84. The molecule has 1 aliphatic rings. The smallest absolute Gasteiger partial charge is 0.418 e. The van der Waals surface area contributed by atoms with E-state index in [9.17, 15) is 31.1 Å². The quantitative estimate of drug-likeness (QED) is 0.445. The van der Waals surface area contributed by atoms with E-state index in [1.807, 2.05) is 0 Å². The second-order valence-electron chi connectivity index (χ2n) is 7.02. The van der Waals surface area contributed by atoms with E-state index in [2.05, 4.69) is 15.3 Å². The first-order valence-electron chi connectivity index (χ1n) is 9.28. The lowest BCUT2D eigenvalue weighted by Gasteiger charge is -2.33. The molecule has 1 aromatic carbocycles. The summed E-state index contributed by atoms with van der Waals surface area (Å²) in [5.41, 5.74) is -0.00754. The summed E-state index contributed by atoms with van der Waals surface area (Å²) in [5.74, 6) is -6.30. The van der Waals surface area contributed by atoms with Crippen molar-refractivity contribution in [1.82, 2.24) is 4.98 Å². The van der Waals surface area contributed by atoms with Gasteiger partial charge in [-0.3, -0.25) is 19.6 Å². The molecule has 0 radical (unpaired) electrons. The van der Waals surface area contributed by atoms with E-state index in [0.717, 1.165) is 37.4 Å². The summed E-state index contributed by atoms with van der Waals surface area (Å²) in [6.45, 7) is -0.783. The Balaban J connectivity index is 0.00000129. The topological polar surface area (TPSA) is 127 Å². The number of nitrogens with two attached hydrogens (primary N) is 1. The maximum atomic E-state index is 14.7. The third kappa shape index (κ3) is 5.62. The SMILES string of the molecule is CC1(c2cc(NC(=O)c3ncccc3C(F)(F)F)ccc2F)N=C(N)COCC1(F)F.O=CO. The molecule has 0 bridgehead atoms. The zero-order valence-corrected chi connectivity index (χ0v) is 17.4. The molecule has 1 atom stereocenters. The fourth-order valence-electron chi connectivity index (χ4n) is 3.06. The molecule has 14 heteroatoms. The van der Waals surface area contributed by atoms with Gasteiger partial charge in [-0.1, -0.05) is 0 Å². The van der Waals surface area contributed by atoms with Gasteiger partial charge in [-0.15, -0.1) is 0 Å². The summed E-state index contributed by atoms with van der Waals surface area (Å²) < 4.78 is 88.1. The summed E-state index contributed by atoms with van der Waals surface area (Å²) in [6.07, 6.45) is -3.86. The fraction of sp³-hybridized carbons (Fsp3) is 0.300. The van der Waals surface area contributed by atoms with Crippen LogP contribution in [-0.2, 0) is 21.2 Å². The molecule has 0 aliphatic carbocycles. The Morgan fingerprint density at radius 1 is 1.29 bits per heavy atom. The first-order valence-corrected chi connectivity index (χ1v) is 9.28. The molecule has 4 N–H and O–H groups in total. The minimum Gasteiger partial charge on any atom is -0.483 e. The van der Waals surface area contributed by atoms with E-state index in [-0.39, 0.29) is 24.6 Å². The zero-order valence-electron chi connectivity index (χ0n) is 17.4. The van der Waals surface area contributed by atoms with E-state index < -0.39 is 52.8 Å². The van der Waals surface area contributed by atoms with Crippen molar-refractivity contribution in [2.24, 2.45) is 10.7 Å². The van der Waals surface area contributed by atoms with Crippen molar-refractivity contribution in [3.8, 4) is 0 Å². The van der Waals surface area contributed by atoms with Crippen LogP contribution in [0.25, 0.3) is 0 Å². The molecule has 2 aromatic rings. The molecule has 2 heterocycles. The van der Waals surface area contributed by atoms with Gasteiger partial charge in [-0.05, 0) is 37.3 Å². The van der Waals surface area contributed by atoms with E-state index >= 15 is 0 Å². The average molecular weight is 492 g/mol. The maximum Gasteiger partial charge on any atom is 0.418 e. The number of ether oxygens (including phenoxy) is 1. The van der Waals surface area contributed by atoms with Crippen LogP contribution >= 0.6 is 0 Å². The lowest BCUT2D eigenvalue weighted by Crippen LogP contribution is -2.45. The minimum atomic E-state index is -4.85. The number of amides is 1. The van der Waals surface area contributed by atoms with E-state index in [1.165, 1.54) is 0 Å².